The van der Waals surface area contributed by atoms with E-state index < -0.39 is 0 Å². The van der Waals surface area contributed by atoms with Crippen LogP contribution in [0.15, 0.2) is 18.3 Å². The molecule has 94 valence electrons. The summed E-state index contributed by atoms with van der Waals surface area (Å²) in [6.45, 7) is 1.26. The monoisotopic (exact) mass is 275 g/mol. The zero-order chi connectivity index (χ0) is 11.5. The number of carbonyl (C=O) groups is 1. The molecule has 1 aromatic rings. The molecule has 0 spiro atoms. The van der Waals surface area contributed by atoms with Crippen LogP contribution in [0, 0.1) is 0 Å². The maximum absolute atomic E-state index is 12.2. The molecule has 1 aliphatic rings. The van der Waals surface area contributed by atoms with Gasteiger partial charge in [-0.15, -0.1) is 12.4 Å². The number of nitrogens with zero attached hydrogens (tertiary/aromatic N) is 2. The molecular weight excluding hydrogens is 261 g/mol. The Morgan fingerprint density at radius 3 is 3.06 bits per heavy atom. The Morgan fingerprint density at radius 1 is 1.65 bits per heavy atom. The molecule has 1 atom stereocenters. The Balaban J connectivity index is 0.00000144. The second-order valence-corrected chi connectivity index (χ2v) is 4.23. The normalized spacial score (nSPS) is 18.9. The highest BCUT2D eigenvalue weighted by molar-refractivity contribution is 6.32. The second-order valence-electron chi connectivity index (χ2n) is 3.87. The Hall–Kier alpha value is -0.840. The Morgan fingerprint density at radius 2 is 2.41 bits per heavy atom. The van der Waals surface area contributed by atoms with E-state index in [1.165, 1.54) is 0 Å². The SMILES string of the molecule is Cl.NCC1CCCN1C(=O)c1cccnc1Cl. The predicted molar refractivity (Wildman–Crippen MR) is 69.6 cm³/mol. The number of pyridine rings is 1. The van der Waals surface area contributed by atoms with Crippen LogP contribution in [0.2, 0.25) is 5.15 Å². The van der Waals surface area contributed by atoms with Crippen molar-refractivity contribution in [1.29, 1.82) is 0 Å². The highest BCUT2D eigenvalue weighted by Gasteiger charge is 2.29. The van der Waals surface area contributed by atoms with E-state index in [1.807, 2.05) is 0 Å². The first kappa shape index (κ1) is 14.2. The first-order valence-corrected chi connectivity index (χ1v) is 5.73. The number of rotatable bonds is 2. The molecule has 1 aliphatic heterocycles. The summed E-state index contributed by atoms with van der Waals surface area (Å²) in [4.78, 5) is 17.9. The molecule has 1 aromatic heterocycles. The van der Waals surface area contributed by atoms with Crippen molar-refractivity contribution < 1.29 is 4.79 Å². The summed E-state index contributed by atoms with van der Waals surface area (Å²) in [6, 6.07) is 3.56. The van der Waals surface area contributed by atoms with Crippen molar-refractivity contribution >= 4 is 29.9 Å². The van der Waals surface area contributed by atoms with Crippen LogP contribution in [0.1, 0.15) is 23.2 Å². The van der Waals surface area contributed by atoms with Crippen LogP contribution in [0.3, 0.4) is 0 Å². The molecule has 1 amide bonds. The summed E-state index contributed by atoms with van der Waals surface area (Å²) >= 11 is 5.90. The summed E-state index contributed by atoms with van der Waals surface area (Å²) in [6.07, 6.45) is 3.55. The van der Waals surface area contributed by atoms with Gasteiger partial charge >= 0.3 is 0 Å². The van der Waals surface area contributed by atoms with Gasteiger partial charge in [-0.1, -0.05) is 11.6 Å². The number of carbonyl (C=O) groups excluding carboxylic acids is 1. The van der Waals surface area contributed by atoms with Gasteiger partial charge in [0.15, 0.2) is 0 Å². The van der Waals surface area contributed by atoms with Gasteiger partial charge in [-0.3, -0.25) is 4.79 Å². The molecule has 0 aromatic carbocycles. The van der Waals surface area contributed by atoms with Crippen molar-refractivity contribution in [3.05, 3.63) is 29.0 Å². The average Bonchev–Trinajstić information content (AvgIpc) is 2.77. The Kier molecular flexibility index (Phi) is 5.18. The zero-order valence-corrected chi connectivity index (χ0v) is 10.9. The smallest absolute Gasteiger partial charge is 0.257 e. The van der Waals surface area contributed by atoms with E-state index in [0.717, 1.165) is 19.4 Å². The van der Waals surface area contributed by atoms with Gasteiger partial charge in [0.05, 0.1) is 5.56 Å². The molecule has 2 heterocycles. The lowest BCUT2D eigenvalue weighted by Gasteiger charge is -2.23. The number of halogens is 2. The van der Waals surface area contributed by atoms with Crippen molar-refractivity contribution in [2.75, 3.05) is 13.1 Å². The van der Waals surface area contributed by atoms with E-state index >= 15 is 0 Å². The minimum Gasteiger partial charge on any atom is -0.334 e. The minimum atomic E-state index is -0.0638. The van der Waals surface area contributed by atoms with Gasteiger partial charge in [0.2, 0.25) is 0 Å². The molecule has 4 nitrogen and oxygen atoms in total. The first-order valence-electron chi connectivity index (χ1n) is 5.35. The number of likely N-dealkylation sites (tertiary alicyclic amines) is 1. The van der Waals surface area contributed by atoms with E-state index in [1.54, 1.807) is 23.2 Å². The van der Waals surface area contributed by atoms with Crippen LogP contribution in [-0.2, 0) is 0 Å². The van der Waals surface area contributed by atoms with Crippen LogP contribution < -0.4 is 5.73 Å². The van der Waals surface area contributed by atoms with Gasteiger partial charge < -0.3 is 10.6 Å². The Bertz CT molecular complexity index is 400. The average molecular weight is 276 g/mol. The quantitative estimate of drug-likeness (QED) is 0.837. The lowest BCUT2D eigenvalue weighted by atomic mass is 10.2. The van der Waals surface area contributed by atoms with Crippen LogP contribution in [0.4, 0.5) is 0 Å². The summed E-state index contributed by atoms with van der Waals surface area (Å²) in [5.74, 6) is -0.0638. The number of nitrogens with two attached hydrogens (primary N) is 1. The van der Waals surface area contributed by atoms with Crippen molar-refractivity contribution in [3.63, 3.8) is 0 Å². The summed E-state index contributed by atoms with van der Waals surface area (Å²) in [5, 5.41) is 0.259. The lowest BCUT2D eigenvalue weighted by molar-refractivity contribution is 0.0741. The van der Waals surface area contributed by atoms with Crippen LogP contribution in [0.25, 0.3) is 0 Å². The van der Waals surface area contributed by atoms with Crippen LogP contribution >= 0.6 is 24.0 Å². The summed E-state index contributed by atoms with van der Waals surface area (Å²) < 4.78 is 0. The van der Waals surface area contributed by atoms with Crippen molar-refractivity contribution in [1.82, 2.24) is 9.88 Å². The van der Waals surface area contributed by atoms with Gasteiger partial charge in [0.1, 0.15) is 5.15 Å². The highest BCUT2D eigenvalue weighted by atomic mass is 35.5. The molecule has 2 rings (SSSR count). The topological polar surface area (TPSA) is 59.2 Å². The van der Waals surface area contributed by atoms with Crippen LogP contribution in [0.5, 0.6) is 0 Å². The lowest BCUT2D eigenvalue weighted by Crippen LogP contribution is -2.40. The highest BCUT2D eigenvalue weighted by Crippen LogP contribution is 2.21. The van der Waals surface area contributed by atoms with Crippen LogP contribution in [-0.4, -0.2) is 34.9 Å². The van der Waals surface area contributed by atoms with E-state index in [2.05, 4.69) is 4.98 Å². The first-order chi connectivity index (χ1) is 7.74. The molecule has 0 bridgehead atoms. The number of hydrogen-bond donors (Lipinski definition) is 1. The summed E-state index contributed by atoms with van der Waals surface area (Å²) in [7, 11) is 0. The fourth-order valence-corrected chi connectivity index (χ4v) is 2.25. The molecule has 1 fully saturated rings. The van der Waals surface area contributed by atoms with Gasteiger partial charge in [0.25, 0.3) is 5.91 Å². The molecule has 1 saturated heterocycles. The third-order valence-corrected chi connectivity index (χ3v) is 3.20. The maximum Gasteiger partial charge on any atom is 0.257 e. The predicted octanol–water partition coefficient (Wildman–Crippen LogP) is 1.72. The van der Waals surface area contributed by atoms with Crippen molar-refractivity contribution in [2.24, 2.45) is 5.73 Å². The summed E-state index contributed by atoms with van der Waals surface area (Å²) in [5.41, 5.74) is 6.10. The maximum atomic E-state index is 12.2. The fraction of sp³-hybridized carbons (Fsp3) is 0.455. The molecule has 0 saturated carbocycles. The van der Waals surface area contributed by atoms with Gasteiger partial charge in [-0.2, -0.15) is 0 Å². The molecule has 17 heavy (non-hydrogen) atoms. The molecule has 0 aliphatic carbocycles. The third-order valence-electron chi connectivity index (χ3n) is 2.90. The Labute approximate surface area is 112 Å². The zero-order valence-electron chi connectivity index (χ0n) is 9.30. The van der Waals surface area contributed by atoms with Gasteiger partial charge in [0, 0.05) is 25.3 Å². The van der Waals surface area contributed by atoms with E-state index in [4.69, 9.17) is 17.3 Å². The molecular formula is C11H15Cl2N3O. The minimum absolute atomic E-state index is 0. The van der Waals surface area contributed by atoms with Crippen molar-refractivity contribution in [2.45, 2.75) is 18.9 Å². The number of amides is 1. The molecule has 1 unspecified atom stereocenters. The largest absolute Gasteiger partial charge is 0.334 e. The second kappa shape index (κ2) is 6.19. The fourth-order valence-electron chi connectivity index (χ4n) is 2.05. The molecule has 6 heteroatoms. The standard InChI is InChI=1S/C11H14ClN3O.ClH/c12-10-9(4-1-5-14-10)11(16)15-6-2-3-8(15)7-13;/h1,4-5,8H,2-3,6-7,13H2;1H. The van der Waals surface area contributed by atoms with Gasteiger partial charge in [-0.25, -0.2) is 4.98 Å². The molecule has 2 N–H and O–H groups in total. The van der Waals surface area contributed by atoms with Crippen molar-refractivity contribution in [3.8, 4) is 0 Å². The number of aromatic nitrogens is 1. The number of hydrogen-bond acceptors (Lipinski definition) is 3. The third kappa shape index (κ3) is 2.89. The van der Waals surface area contributed by atoms with E-state index in [0.29, 0.717) is 12.1 Å². The molecule has 0 radical (unpaired) electrons. The van der Waals surface area contributed by atoms with Gasteiger partial charge in [-0.05, 0) is 25.0 Å². The van der Waals surface area contributed by atoms with E-state index in [9.17, 15) is 4.79 Å². The van der Waals surface area contributed by atoms with E-state index in [-0.39, 0.29) is 29.5 Å².